The van der Waals surface area contributed by atoms with E-state index in [0.717, 1.165) is 0 Å². The first kappa shape index (κ1) is 21.6. The third kappa shape index (κ3) is 5.30. The fourth-order valence-electron chi connectivity index (χ4n) is 3.12. The highest BCUT2D eigenvalue weighted by Gasteiger charge is 2.18. The molecule has 158 valence electrons. The molecule has 2 amide bonds. The normalized spacial score (nSPS) is 10.4. The van der Waals surface area contributed by atoms with Gasteiger partial charge in [-0.1, -0.05) is 18.2 Å². The number of rotatable bonds is 6. The first-order chi connectivity index (χ1) is 14.7. The maximum absolute atomic E-state index is 12.7. The van der Waals surface area contributed by atoms with Crippen LogP contribution in [0.2, 0.25) is 0 Å². The molecule has 0 bridgehead atoms. The fraction of sp³-hybridized carbons (Fsp3) is 0.174. The highest BCUT2D eigenvalue weighted by atomic mass is 16.5. The van der Waals surface area contributed by atoms with E-state index in [9.17, 15) is 19.2 Å². The lowest BCUT2D eigenvalue weighted by molar-refractivity contribution is -0.115. The molecule has 1 aromatic heterocycles. The number of aromatic nitrogens is 1. The molecule has 2 N–H and O–H groups in total. The van der Waals surface area contributed by atoms with E-state index >= 15 is 0 Å². The van der Waals surface area contributed by atoms with Crippen LogP contribution in [-0.4, -0.2) is 35.2 Å². The number of pyridine rings is 1. The largest absolute Gasteiger partial charge is 0.454 e. The third-order valence-corrected chi connectivity index (χ3v) is 4.35. The number of hydrogen-bond acceptors (Lipinski definition) is 6. The molecular formula is C23H21N3O5. The summed E-state index contributed by atoms with van der Waals surface area (Å²) < 4.78 is 5.26. The van der Waals surface area contributed by atoms with Crippen LogP contribution in [0.3, 0.4) is 0 Å². The van der Waals surface area contributed by atoms with Crippen molar-refractivity contribution in [2.75, 3.05) is 17.2 Å². The van der Waals surface area contributed by atoms with Crippen LogP contribution in [0.4, 0.5) is 11.4 Å². The van der Waals surface area contributed by atoms with Crippen LogP contribution in [0.5, 0.6) is 0 Å². The molecule has 0 unspecified atom stereocenters. The van der Waals surface area contributed by atoms with Gasteiger partial charge in [0, 0.05) is 36.2 Å². The fourth-order valence-corrected chi connectivity index (χ4v) is 3.12. The molecule has 0 spiro atoms. The molecule has 0 fully saturated rings. The quantitative estimate of drug-likeness (QED) is 0.467. The summed E-state index contributed by atoms with van der Waals surface area (Å²) in [6.07, 6.45) is 0. The summed E-state index contributed by atoms with van der Waals surface area (Å²) in [4.78, 5) is 52.6. The van der Waals surface area contributed by atoms with Gasteiger partial charge in [0.15, 0.2) is 6.61 Å². The van der Waals surface area contributed by atoms with E-state index in [1.54, 1.807) is 31.2 Å². The van der Waals surface area contributed by atoms with Gasteiger partial charge in [0.1, 0.15) is 0 Å². The molecular weight excluding hydrogens is 398 g/mol. The molecule has 0 radical (unpaired) electrons. The first-order valence-corrected chi connectivity index (χ1v) is 9.50. The number of nitrogens with one attached hydrogen (secondary N) is 2. The summed E-state index contributed by atoms with van der Waals surface area (Å²) in [6.45, 7) is 3.91. The van der Waals surface area contributed by atoms with Gasteiger partial charge in [0.05, 0.1) is 16.8 Å². The molecule has 0 atom stereocenters. The molecule has 31 heavy (non-hydrogen) atoms. The molecule has 3 aromatic rings. The number of carbonyl (C=O) groups excluding carboxylic acids is 4. The number of Topliss-reactive ketones (excluding diaryl/α,β-unsaturated/α-hetero) is 1. The number of benzene rings is 2. The summed E-state index contributed by atoms with van der Waals surface area (Å²) in [6, 6.07) is 13.2. The van der Waals surface area contributed by atoms with Gasteiger partial charge >= 0.3 is 5.97 Å². The van der Waals surface area contributed by atoms with Crippen LogP contribution in [0.25, 0.3) is 10.9 Å². The van der Waals surface area contributed by atoms with Gasteiger partial charge in [-0.2, -0.15) is 0 Å². The van der Waals surface area contributed by atoms with Crippen LogP contribution < -0.4 is 10.6 Å². The molecule has 0 saturated heterocycles. The Kier molecular flexibility index (Phi) is 6.40. The number of carbonyl (C=O) groups is 4. The van der Waals surface area contributed by atoms with Crippen molar-refractivity contribution in [2.45, 2.75) is 20.8 Å². The monoisotopic (exact) mass is 419 g/mol. The van der Waals surface area contributed by atoms with Crippen LogP contribution in [0, 0.1) is 6.92 Å². The first-order valence-electron chi connectivity index (χ1n) is 9.50. The standard InChI is InChI=1S/C23H21N3O5/c1-13-10-19(17-6-4-5-7-20(17)24-13)23(30)31-12-22(29)18-9-8-16(25-14(2)27)11-21(18)26-15(3)28/h4-11H,12H2,1-3H3,(H,25,27)(H,26,28). The number of amides is 2. The van der Waals surface area contributed by atoms with E-state index < -0.39 is 18.4 Å². The SMILES string of the molecule is CC(=O)Nc1ccc(C(=O)COC(=O)c2cc(C)nc3ccccc23)c(NC(C)=O)c1. The second-order valence-electron chi connectivity index (χ2n) is 6.95. The Morgan fingerprint density at radius 3 is 2.32 bits per heavy atom. The number of ether oxygens (including phenoxy) is 1. The topological polar surface area (TPSA) is 114 Å². The Hall–Kier alpha value is -4.07. The highest BCUT2D eigenvalue weighted by molar-refractivity contribution is 6.08. The van der Waals surface area contributed by atoms with Crippen LogP contribution >= 0.6 is 0 Å². The highest BCUT2D eigenvalue weighted by Crippen LogP contribution is 2.23. The maximum Gasteiger partial charge on any atom is 0.339 e. The number of nitrogens with zero attached hydrogens (tertiary/aromatic N) is 1. The molecule has 0 aliphatic rings. The van der Waals surface area contributed by atoms with Crippen molar-refractivity contribution in [2.24, 2.45) is 0 Å². The number of ketones is 1. The van der Waals surface area contributed by atoms with Crippen molar-refractivity contribution < 1.29 is 23.9 Å². The lowest BCUT2D eigenvalue weighted by Crippen LogP contribution is -2.18. The van der Waals surface area contributed by atoms with Gasteiger partial charge in [0.2, 0.25) is 17.6 Å². The number of aryl methyl sites for hydroxylation is 1. The van der Waals surface area contributed by atoms with Crippen molar-refractivity contribution in [3.63, 3.8) is 0 Å². The van der Waals surface area contributed by atoms with Gasteiger partial charge in [-0.3, -0.25) is 19.4 Å². The van der Waals surface area contributed by atoms with E-state index in [-0.39, 0.29) is 23.1 Å². The molecule has 3 rings (SSSR count). The maximum atomic E-state index is 12.7. The summed E-state index contributed by atoms with van der Waals surface area (Å²) in [5.74, 6) is -1.82. The summed E-state index contributed by atoms with van der Waals surface area (Å²) in [7, 11) is 0. The molecule has 1 heterocycles. The zero-order valence-corrected chi connectivity index (χ0v) is 17.3. The Bertz CT molecular complexity index is 1200. The van der Waals surface area contributed by atoms with E-state index in [0.29, 0.717) is 27.8 Å². The molecule has 8 heteroatoms. The number of hydrogen-bond donors (Lipinski definition) is 2. The van der Waals surface area contributed by atoms with Crippen molar-refractivity contribution in [3.05, 3.63) is 65.4 Å². The number of fused-ring (bicyclic) bond motifs is 1. The zero-order valence-electron chi connectivity index (χ0n) is 17.3. The van der Waals surface area contributed by atoms with Crippen LogP contribution in [0.15, 0.2) is 48.5 Å². The Balaban J connectivity index is 1.81. The summed E-state index contributed by atoms with van der Waals surface area (Å²) in [5, 5.41) is 5.77. The number of esters is 1. The van der Waals surface area contributed by atoms with Crippen molar-refractivity contribution in [1.29, 1.82) is 0 Å². The molecule has 0 aliphatic carbocycles. The van der Waals surface area contributed by atoms with Crippen LogP contribution in [0.1, 0.15) is 40.3 Å². The van der Waals surface area contributed by atoms with Gasteiger partial charge in [-0.15, -0.1) is 0 Å². The lowest BCUT2D eigenvalue weighted by Gasteiger charge is -2.12. The number of anilines is 2. The minimum absolute atomic E-state index is 0.160. The van der Waals surface area contributed by atoms with E-state index in [1.807, 2.05) is 6.07 Å². The summed E-state index contributed by atoms with van der Waals surface area (Å²) in [5.41, 5.74) is 2.42. The van der Waals surface area contributed by atoms with E-state index in [2.05, 4.69) is 15.6 Å². The van der Waals surface area contributed by atoms with E-state index in [4.69, 9.17) is 4.74 Å². The second-order valence-corrected chi connectivity index (χ2v) is 6.95. The van der Waals surface area contributed by atoms with Crippen molar-refractivity contribution >= 4 is 45.8 Å². The predicted octanol–water partition coefficient (Wildman–Crippen LogP) is 3.50. The molecule has 2 aromatic carbocycles. The average Bonchev–Trinajstić information content (AvgIpc) is 2.70. The van der Waals surface area contributed by atoms with Gasteiger partial charge in [-0.25, -0.2) is 4.79 Å². The third-order valence-electron chi connectivity index (χ3n) is 4.35. The lowest BCUT2D eigenvalue weighted by atomic mass is 10.1. The predicted molar refractivity (Wildman–Crippen MR) is 116 cm³/mol. The van der Waals surface area contributed by atoms with Gasteiger partial charge < -0.3 is 15.4 Å². The Morgan fingerprint density at radius 1 is 0.903 bits per heavy atom. The van der Waals surface area contributed by atoms with E-state index in [1.165, 1.54) is 32.0 Å². The second kappa shape index (κ2) is 9.17. The minimum atomic E-state index is -0.647. The summed E-state index contributed by atoms with van der Waals surface area (Å²) >= 11 is 0. The zero-order chi connectivity index (χ0) is 22.5. The molecule has 0 saturated carbocycles. The minimum Gasteiger partial charge on any atom is -0.454 e. The Morgan fingerprint density at radius 2 is 1.61 bits per heavy atom. The Labute approximate surface area is 178 Å². The van der Waals surface area contributed by atoms with Gasteiger partial charge in [-0.05, 0) is 37.3 Å². The van der Waals surface area contributed by atoms with Crippen molar-refractivity contribution in [3.8, 4) is 0 Å². The van der Waals surface area contributed by atoms with Crippen molar-refractivity contribution in [1.82, 2.24) is 4.98 Å². The molecule has 0 aliphatic heterocycles. The number of para-hydroxylation sites is 1. The van der Waals surface area contributed by atoms with Gasteiger partial charge in [0.25, 0.3) is 0 Å². The average molecular weight is 419 g/mol. The van der Waals surface area contributed by atoms with Crippen LogP contribution in [-0.2, 0) is 14.3 Å². The smallest absolute Gasteiger partial charge is 0.339 e. The molecule has 8 nitrogen and oxygen atoms in total.